The molecule has 0 aliphatic heterocycles. The van der Waals surface area contributed by atoms with Gasteiger partial charge >= 0.3 is 5.97 Å². The summed E-state index contributed by atoms with van der Waals surface area (Å²) in [7, 11) is 0. The summed E-state index contributed by atoms with van der Waals surface area (Å²) in [4.78, 5) is 27.0. The smallest absolute Gasteiger partial charge is 0.332 e. The van der Waals surface area contributed by atoms with E-state index in [1.54, 1.807) is 6.92 Å². The van der Waals surface area contributed by atoms with E-state index in [-0.39, 0.29) is 11.9 Å². The first-order valence-electron chi connectivity index (χ1n) is 10.3. The Hall–Kier alpha value is -1.32. The highest BCUT2D eigenvalue weighted by atomic mass is 16.7. The van der Waals surface area contributed by atoms with Gasteiger partial charge in [-0.2, -0.15) is 5.48 Å². The summed E-state index contributed by atoms with van der Waals surface area (Å²) in [5.41, 5.74) is 2.14. The molecule has 4 heteroatoms. The highest BCUT2D eigenvalue weighted by Gasteiger charge is 2.04. The predicted octanol–water partition coefficient (Wildman–Crippen LogP) is 6.01. The Balaban J connectivity index is 3.24. The summed E-state index contributed by atoms with van der Waals surface area (Å²) in [6.07, 6.45) is 21.4. The molecule has 0 fully saturated rings. The molecule has 0 heterocycles. The van der Waals surface area contributed by atoms with Crippen LogP contribution in [0.3, 0.4) is 0 Å². The number of nitrogens with one attached hydrogen (secondary N) is 1. The van der Waals surface area contributed by atoms with Crippen LogP contribution in [0.2, 0.25) is 0 Å². The van der Waals surface area contributed by atoms with E-state index in [4.69, 9.17) is 0 Å². The van der Waals surface area contributed by atoms with Gasteiger partial charge in [0, 0.05) is 12.8 Å². The highest BCUT2D eigenvalue weighted by molar-refractivity contribution is 5.77. The van der Waals surface area contributed by atoms with Gasteiger partial charge in [0.05, 0.1) is 0 Å². The number of hydrogen-bond acceptors (Lipinski definition) is 3. The SMILES string of the molecule is CCCCCCCC/C=C\CCCCCCCC(=O)ONC(=O)CC. The lowest BCUT2D eigenvalue weighted by Gasteiger charge is -2.04. The Labute approximate surface area is 154 Å². The number of carbonyl (C=O) groups excluding carboxylic acids is 2. The zero-order chi connectivity index (χ0) is 18.6. The standard InChI is InChI=1S/C21H39NO3/c1-3-5-6-7-8-9-10-11-12-13-14-15-16-17-18-19-21(24)25-22-20(23)4-2/h11-12H,3-10,13-19H2,1-2H3,(H,22,23)/b12-11-. The van der Waals surface area contributed by atoms with Crippen LogP contribution in [-0.2, 0) is 14.4 Å². The lowest BCUT2D eigenvalue weighted by molar-refractivity contribution is -0.158. The minimum atomic E-state index is -0.348. The topological polar surface area (TPSA) is 55.4 Å². The number of unbranched alkanes of at least 4 members (excludes halogenated alkanes) is 11. The quantitative estimate of drug-likeness (QED) is 0.210. The van der Waals surface area contributed by atoms with E-state index in [2.05, 4.69) is 29.4 Å². The second-order valence-electron chi connectivity index (χ2n) is 6.69. The zero-order valence-electron chi connectivity index (χ0n) is 16.5. The molecule has 0 radical (unpaired) electrons. The Kier molecular flexibility index (Phi) is 18.0. The van der Waals surface area contributed by atoms with Gasteiger partial charge in [0.15, 0.2) is 0 Å². The molecular formula is C21H39NO3. The van der Waals surface area contributed by atoms with Crippen LogP contribution in [0.15, 0.2) is 12.2 Å². The lowest BCUT2D eigenvalue weighted by atomic mass is 10.1. The Morgan fingerprint density at radius 3 is 1.84 bits per heavy atom. The normalized spacial score (nSPS) is 11.0. The largest absolute Gasteiger partial charge is 0.341 e. The summed E-state index contributed by atoms with van der Waals surface area (Å²) in [5, 5.41) is 0. The van der Waals surface area contributed by atoms with Gasteiger partial charge in [-0.1, -0.05) is 77.4 Å². The molecule has 0 aromatic rings. The van der Waals surface area contributed by atoms with Crippen LogP contribution >= 0.6 is 0 Å². The van der Waals surface area contributed by atoms with E-state index in [0.29, 0.717) is 12.8 Å². The number of hydroxylamine groups is 1. The molecule has 0 bridgehead atoms. The van der Waals surface area contributed by atoms with E-state index in [1.807, 2.05) is 0 Å². The molecule has 0 aliphatic carbocycles. The summed E-state index contributed by atoms with van der Waals surface area (Å²) < 4.78 is 0. The van der Waals surface area contributed by atoms with Crippen molar-refractivity contribution in [3.8, 4) is 0 Å². The number of allylic oxidation sites excluding steroid dienone is 2. The number of hydrogen-bond donors (Lipinski definition) is 1. The fourth-order valence-corrected chi connectivity index (χ4v) is 2.58. The molecule has 0 aromatic carbocycles. The lowest BCUT2D eigenvalue weighted by Crippen LogP contribution is -2.25. The van der Waals surface area contributed by atoms with Crippen molar-refractivity contribution < 1.29 is 14.4 Å². The first kappa shape index (κ1) is 23.7. The first-order chi connectivity index (χ1) is 12.2. The number of rotatable bonds is 16. The van der Waals surface area contributed by atoms with Gasteiger partial charge in [-0.25, -0.2) is 4.79 Å². The maximum Gasteiger partial charge on any atom is 0.332 e. The van der Waals surface area contributed by atoms with Crippen LogP contribution in [0.1, 0.15) is 110 Å². The molecule has 4 nitrogen and oxygen atoms in total. The number of carbonyl (C=O) groups is 2. The van der Waals surface area contributed by atoms with Crippen molar-refractivity contribution in [2.75, 3.05) is 0 Å². The van der Waals surface area contributed by atoms with Gasteiger partial charge in [-0.05, 0) is 32.1 Å². The average Bonchev–Trinajstić information content (AvgIpc) is 2.62. The molecule has 0 saturated heterocycles. The van der Waals surface area contributed by atoms with E-state index in [0.717, 1.165) is 19.3 Å². The third kappa shape index (κ3) is 18.9. The van der Waals surface area contributed by atoms with Gasteiger partial charge in [0.25, 0.3) is 5.91 Å². The van der Waals surface area contributed by atoms with E-state index in [1.165, 1.54) is 64.2 Å². The van der Waals surface area contributed by atoms with Gasteiger partial charge in [-0.3, -0.25) is 4.79 Å². The van der Waals surface area contributed by atoms with Crippen molar-refractivity contribution in [3.63, 3.8) is 0 Å². The van der Waals surface area contributed by atoms with Crippen molar-refractivity contribution in [2.45, 2.75) is 110 Å². The third-order valence-electron chi connectivity index (χ3n) is 4.24. The molecule has 0 aliphatic rings. The number of amides is 1. The molecule has 0 aromatic heterocycles. The summed E-state index contributed by atoms with van der Waals surface area (Å²) in [6.45, 7) is 3.97. The van der Waals surface area contributed by atoms with Crippen molar-refractivity contribution in [1.82, 2.24) is 5.48 Å². The van der Waals surface area contributed by atoms with Crippen LogP contribution in [0.25, 0.3) is 0 Å². The van der Waals surface area contributed by atoms with Gasteiger partial charge in [-0.15, -0.1) is 0 Å². The molecule has 1 amide bonds. The molecule has 146 valence electrons. The average molecular weight is 354 g/mol. The maximum absolute atomic E-state index is 11.4. The molecule has 0 atom stereocenters. The van der Waals surface area contributed by atoms with E-state index in [9.17, 15) is 9.59 Å². The second-order valence-corrected chi connectivity index (χ2v) is 6.69. The Morgan fingerprint density at radius 1 is 0.760 bits per heavy atom. The van der Waals surface area contributed by atoms with Gasteiger partial charge in [0.1, 0.15) is 0 Å². The van der Waals surface area contributed by atoms with Crippen molar-refractivity contribution in [1.29, 1.82) is 0 Å². The van der Waals surface area contributed by atoms with Crippen LogP contribution in [0, 0.1) is 0 Å². The van der Waals surface area contributed by atoms with Crippen molar-refractivity contribution >= 4 is 11.9 Å². The molecule has 1 N–H and O–H groups in total. The zero-order valence-corrected chi connectivity index (χ0v) is 16.5. The molecule has 0 saturated carbocycles. The van der Waals surface area contributed by atoms with E-state index < -0.39 is 0 Å². The predicted molar refractivity (Wildman–Crippen MR) is 104 cm³/mol. The fourth-order valence-electron chi connectivity index (χ4n) is 2.58. The van der Waals surface area contributed by atoms with Crippen molar-refractivity contribution in [2.24, 2.45) is 0 Å². The molecule has 0 spiro atoms. The minimum Gasteiger partial charge on any atom is -0.341 e. The molecule has 0 unspecified atom stereocenters. The summed E-state index contributed by atoms with van der Waals surface area (Å²) >= 11 is 0. The first-order valence-corrected chi connectivity index (χ1v) is 10.3. The van der Waals surface area contributed by atoms with Crippen LogP contribution in [-0.4, -0.2) is 11.9 Å². The summed E-state index contributed by atoms with van der Waals surface area (Å²) in [5.74, 6) is -0.614. The molecule has 0 rings (SSSR count). The van der Waals surface area contributed by atoms with Crippen LogP contribution in [0.5, 0.6) is 0 Å². The highest BCUT2D eigenvalue weighted by Crippen LogP contribution is 2.10. The Morgan fingerprint density at radius 2 is 1.28 bits per heavy atom. The van der Waals surface area contributed by atoms with E-state index >= 15 is 0 Å². The van der Waals surface area contributed by atoms with Crippen molar-refractivity contribution in [3.05, 3.63) is 12.2 Å². The summed E-state index contributed by atoms with van der Waals surface area (Å²) in [6, 6.07) is 0. The Bertz CT molecular complexity index is 353. The monoisotopic (exact) mass is 353 g/mol. The van der Waals surface area contributed by atoms with Gasteiger partial charge in [0.2, 0.25) is 0 Å². The second kappa shape index (κ2) is 19.0. The van der Waals surface area contributed by atoms with Crippen LogP contribution in [0.4, 0.5) is 0 Å². The van der Waals surface area contributed by atoms with Crippen LogP contribution < -0.4 is 5.48 Å². The fraction of sp³-hybridized carbons (Fsp3) is 0.810. The molecular weight excluding hydrogens is 314 g/mol. The minimum absolute atomic E-state index is 0.266. The third-order valence-corrected chi connectivity index (χ3v) is 4.24. The van der Waals surface area contributed by atoms with Gasteiger partial charge < -0.3 is 4.84 Å². The maximum atomic E-state index is 11.4. The molecule has 25 heavy (non-hydrogen) atoms.